The van der Waals surface area contributed by atoms with Crippen molar-refractivity contribution >= 4 is 0 Å². The fourth-order valence-electron chi connectivity index (χ4n) is 1.98. The lowest BCUT2D eigenvalue weighted by atomic mass is 9.91. The molecule has 0 aromatic heterocycles. The first-order chi connectivity index (χ1) is 6.74. The molecule has 1 N–H and O–H groups in total. The quantitative estimate of drug-likeness (QED) is 0.596. The maximum atomic E-state index is 8.92. The average molecular weight is 200 g/mol. The molecule has 0 aromatic rings. The van der Waals surface area contributed by atoms with Crippen molar-refractivity contribution in [3.63, 3.8) is 0 Å². The van der Waals surface area contributed by atoms with Crippen LogP contribution in [0.5, 0.6) is 0 Å². The molecule has 0 aliphatic heterocycles. The second kappa shape index (κ2) is 9.51. The average Bonchev–Trinajstić information content (AvgIpc) is 2.18. The van der Waals surface area contributed by atoms with Crippen LogP contribution in [0, 0.1) is 11.8 Å². The summed E-state index contributed by atoms with van der Waals surface area (Å²) in [6.07, 6.45) is 8.89. The van der Waals surface area contributed by atoms with Crippen LogP contribution in [0.4, 0.5) is 0 Å². The minimum absolute atomic E-state index is 0.369. The van der Waals surface area contributed by atoms with E-state index in [1.807, 2.05) is 0 Å². The Bertz CT molecular complexity index is 106. The zero-order valence-corrected chi connectivity index (χ0v) is 10.3. The van der Waals surface area contributed by atoms with Crippen molar-refractivity contribution in [3.05, 3.63) is 0 Å². The summed E-state index contributed by atoms with van der Waals surface area (Å²) in [5.74, 6) is 1.65. The molecule has 0 aliphatic carbocycles. The normalized spacial score (nSPS) is 15.4. The molecular formula is C13H28O. The van der Waals surface area contributed by atoms with Crippen LogP contribution in [0.25, 0.3) is 0 Å². The molecule has 0 saturated carbocycles. The van der Waals surface area contributed by atoms with Gasteiger partial charge >= 0.3 is 0 Å². The van der Waals surface area contributed by atoms with Gasteiger partial charge in [-0.05, 0) is 18.3 Å². The van der Waals surface area contributed by atoms with E-state index in [2.05, 4.69) is 20.8 Å². The first kappa shape index (κ1) is 14.0. The first-order valence-electron chi connectivity index (χ1n) is 6.35. The van der Waals surface area contributed by atoms with Crippen LogP contribution < -0.4 is 0 Å². The minimum atomic E-state index is 0.369. The molecule has 0 fully saturated rings. The van der Waals surface area contributed by atoms with Crippen LogP contribution in [0.1, 0.15) is 65.7 Å². The molecule has 0 heterocycles. The summed E-state index contributed by atoms with van der Waals surface area (Å²) in [4.78, 5) is 0. The Morgan fingerprint density at radius 1 is 1.00 bits per heavy atom. The Balaban J connectivity index is 3.49. The van der Waals surface area contributed by atoms with Crippen LogP contribution in [0.15, 0.2) is 0 Å². The Labute approximate surface area is 89.9 Å². The highest BCUT2D eigenvalue weighted by Crippen LogP contribution is 2.20. The lowest BCUT2D eigenvalue weighted by Gasteiger charge is -2.15. The van der Waals surface area contributed by atoms with Crippen LogP contribution in [0.2, 0.25) is 0 Å². The largest absolute Gasteiger partial charge is 0.396 e. The van der Waals surface area contributed by atoms with E-state index >= 15 is 0 Å². The van der Waals surface area contributed by atoms with Crippen molar-refractivity contribution in [2.24, 2.45) is 11.8 Å². The standard InChI is InChI=1S/C13H28O/c1-4-7-13(10-11-14)9-6-8-12(3)5-2/h12-14H,4-11H2,1-3H3. The monoisotopic (exact) mass is 200 g/mol. The third-order valence-electron chi connectivity index (χ3n) is 3.24. The van der Waals surface area contributed by atoms with Gasteiger partial charge in [-0.25, -0.2) is 0 Å². The molecule has 0 radical (unpaired) electrons. The van der Waals surface area contributed by atoms with E-state index < -0.39 is 0 Å². The second-order valence-electron chi connectivity index (χ2n) is 4.61. The fourth-order valence-corrected chi connectivity index (χ4v) is 1.98. The van der Waals surface area contributed by atoms with Gasteiger partial charge in [0.15, 0.2) is 0 Å². The van der Waals surface area contributed by atoms with Crippen molar-refractivity contribution in [1.82, 2.24) is 0 Å². The van der Waals surface area contributed by atoms with E-state index in [1.54, 1.807) is 0 Å². The molecule has 0 spiro atoms. The number of aliphatic hydroxyl groups is 1. The Morgan fingerprint density at radius 2 is 1.71 bits per heavy atom. The summed E-state index contributed by atoms with van der Waals surface area (Å²) in [5, 5.41) is 8.92. The Morgan fingerprint density at radius 3 is 2.21 bits per heavy atom. The number of rotatable bonds is 9. The Kier molecular flexibility index (Phi) is 9.49. The van der Waals surface area contributed by atoms with E-state index in [0.29, 0.717) is 6.61 Å². The molecule has 1 nitrogen and oxygen atoms in total. The molecule has 0 saturated heterocycles. The number of hydrogen-bond donors (Lipinski definition) is 1. The Hall–Kier alpha value is -0.0400. The summed E-state index contributed by atoms with van der Waals surface area (Å²) < 4.78 is 0. The summed E-state index contributed by atoms with van der Waals surface area (Å²) >= 11 is 0. The molecule has 2 unspecified atom stereocenters. The van der Waals surface area contributed by atoms with Gasteiger partial charge in [0.05, 0.1) is 0 Å². The highest BCUT2D eigenvalue weighted by Gasteiger charge is 2.07. The lowest BCUT2D eigenvalue weighted by molar-refractivity contribution is 0.242. The van der Waals surface area contributed by atoms with Crippen molar-refractivity contribution in [1.29, 1.82) is 0 Å². The molecule has 0 bridgehead atoms. The smallest absolute Gasteiger partial charge is 0.0433 e. The van der Waals surface area contributed by atoms with Gasteiger partial charge in [0.25, 0.3) is 0 Å². The van der Waals surface area contributed by atoms with Gasteiger partial charge < -0.3 is 5.11 Å². The second-order valence-corrected chi connectivity index (χ2v) is 4.61. The third kappa shape index (κ3) is 7.37. The highest BCUT2D eigenvalue weighted by atomic mass is 16.3. The van der Waals surface area contributed by atoms with Crippen molar-refractivity contribution < 1.29 is 5.11 Å². The maximum Gasteiger partial charge on any atom is 0.0433 e. The van der Waals surface area contributed by atoms with E-state index in [0.717, 1.165) is 18.3 Å². The summed E-state index contributed by atoms with van der Waals surface area (Å²) in [6, 6.07) is 0. The van der Waals surface area contributed by atoms with E-state index in [-0.39, 0.29) is 0 Å². The van der Waals surface area contributed by atoms with Gasteiger partial charge in [0.2, 0.25) is 0 Å². The molecule has 0 amide bonds. The van der Waals surface area contributed by atoms with Crippen molar-refractivity contribution in [3.8, 4) is 0 Å². The van der Waals surface area contributed by atoms with Gasteiger partial charge in [-0.2, -0.15) is 0 Å². The zero-order valence-electron chi connectivity index (χ0n) is 10.3. The molecule has 86 valence electrons. The molecule has 0 aliphatic rings. The summed E-state index contributed by atoms with van der Waals surface area (Å²) in [7, 11) is 0. The highest BCUT2D eigenvalue weighted by molar-refractivity contribution is 4.60. The third-order valence-corrected chi connectivity index (χ3v) is 3.24. The predicted octanol–water partition coefficient (Wildman–Crippen LogP) is 4.00. The van der Waals surface area contributed by atoms with Crippen LogP contribution in [0.3, 0.4) is 0 Å². The summed E-state index contributed by atoms with van der Waals surface area (Å²) in [6.45, 7) is 7.20. The van der Waals surface area contributed by atoms with Crippen molar-refractivity contribution in [2.75, 3.05) is 6.61 Å². The minimum Gasteiger partial charge on any atom is -0.396 e. The summed E-state index contributed by atoms with van der Waals surface area (Å²) in [5.41, 5.74) is 0. The molecular weight excluding hydrogens is 172 g/mol. The van der Waals surface area contributed by atoms with E-state index in [1.165, 1.54) is 38.5 Å². The topological polar surface area (TPSA) is 20.2 Å². The van der Waals surface area contributed by atoms with Crippen molar-refractivity contribution in [2.45, 2.75) is 65.7 Å². The van der Waals surface area contributed by atoms with Gasteiger partial charge in [-0.15, -0.1) is 0 Å². The first-order valence-corrected chi connectivity index (χ1v) is 6.35. The molecule has 14 heavy (non-hydrogen) atoms. The molecule has 2 atom stereocenters. The lowest BCUT2D eigenvalue weighted by Crippen LogP contribution is -2.04. The maximum absolute atomic E-state index is 8.92. The predicted molar refractivity (Wildman–Crippen MR) is 63.4 cm³/mol. The van der Waals surface area contributed by atoms with E-state index in [9.17, 15) is 0 Å². The number of hydrogen-bond acceptors (Lipinski definition) is 1. The number of aliphatic hydroxyl groups excluding tert-OH is 1. The molecule has 0 aromatic carbocycles. The van der Waals surface area contributed by atoms with Gasteiger partial charge in [0.1, 0.15) is 0 Å². The zero-order chi connectivity index (χ0) is 10.8. The van der Waals surface area contributed by atoms with Crippen LogP contribution in [-0.4, -0.2) is 11.7 Å². The SMILES string of the molecule is CCCC(CCO)CCCC(C)CC. The van der Waals surface area contributed by atoms with Gasteiger partial charge in [-0.3, -0.25) is 0 Å². The molecule has 0 rings (SSSR count). The van der Waals surface area contributed by atoms with Gasteiger partial charge in [0, 0.05) is 6.61 Å². The van der Waals surface area contributed by atoms with E-state index in [4.69, 9.17) is 5.11 Å². The fraction of sp³-hybridized carbons (Fsp3) is 1.00. The van der Waals surface area contributed by atoms with Crippen LogP contribution >= 0.6 is 0 Å². The van der Waals surface area contributed by atoms with Crippen LogP contribution in [-0.2, 0) is 0 Å². The molecule has 1 heteroatoms. The van der Waals surface area contributed by atoms with Gasteiger partial charge in [-0.1, -0.05) is 59.3 Å².